The van der Waals surface area contributed by atoms with Gasteiger partial charge in [-0.25, -0.2) is 27.8 Å². The number of unbranched alkanes of at least 4 members (excludes halogenated alkanes) is 1. The molecule has 318 valence electrons. The van der Waals surface area contributed by atoms with Gasteiger partial charge in [-0.05, 0) is 99.9 Å². The summed E-state index contributed by atoms with van der Waals surface area (Å²) in [6.45, 7) is 5.18. The van der Waals surface area contributed by atoms with Crippen LogP contribution in [0.2, 0.25) is 0 Å². The molecule has 2 saturated heterocycles. The van der Waals surface area contributed by atoms with Gasteiger partial charge in [-0.2, -0.15) is 0 Å². The highest BCUT2D eigenvalue weighted by atomic mass is 32.2. The van der Waals surface area contributed by atoms with Crippen molar-refractivity contribution in [1.82, 2.24) is 11.0 Å². The number of Topliss-reactive ketones (excluding diaryl/α,β-unsaturated/α-hetero) is 2. The van der Waals surface area contributed by atoms with Crippen LogP contribution in [0.4, 0.5) is 0 Å². The monoisotopic (exact) mass is 840 g/mol. The molecule has 2 heterocycles. The Morgan fingerprint density at radius 2 is 0.930 bits per heavy atom. The predicted octanol–water partition coefficient (Wildman–Crippen LogP) is 4.48. The zero-order chi connectivity index (χ0) is 42.0. The molecule has 57 heavy (non-hydrogen) atoms. The number of rotatable bonds is 21. The van der Waals surface area contributed by atoms with Gasteiger partial charge in [0.05, 0.1) is 23.0 Å². The van der Waals surface area contributed by atoms with Gasteiger partial charge in [0.25, 0.3) is 11.8 Å². The molecule has 2 aliphatic rings. The molecule has 2 aliphatic heterocycles. The van der Waals surface area contributed by atoms with E-state index in [1.54, 1.807) is 0 Å². The van der Waals surface area contributed by atoms with E-state index in [1.165, 1.54) is 59.5 Å². The summed E-state index contributed by atoms with van der Waals surface area (Å²) in [6.07, 6.45) is 5.87. The van der Waals surface area contributed by atoms with Crippen molar-refractivity contribution in [2.24, 2.45) is 0 Å². The second-order valence-electron chi connectivity index (χ2n) is 13.9. The van der Waals surface area contributed by atoms with Crippen molar-refractivity contribution >= 4 is 43.1 Å². The van der Waals surface area contributed by atoms with Crippen molar-refractivity contribution in [2.75, 3.05) is 39.6 Å². The first kappa shape index (κ1) is 47.4. The summed E-state index contributed by atoms with van der Waals surface area (Å²) in [7, 11) is -8.10. The average molecular weight is 841 g/mol. The molecule has 18 heteroatoms. The maximum absolute atomic E-state index is 13.1. The molecule has 0 bridgehead atoms. The molecular weight excluding hydrogens is 785 g/mol. The van der Waals surface area contributed by atoms with Gasteiger partial charge < -0.3 is 18.9 Å². The van der Waals surface area contributed by atoms with E-state index < -0.39 is 41.0 Å². The van der Waals surface area contributed by atoms with E-state index in [9.17, 15) is 36.0 Å². The minimum absolute atomic E-state index is 0.0231. The lowest BCUT2D eigenvalue weighted by Gasteiger charge is -2.34. The van der Waals surface area contributed by atoms with E-state index >= 15 is 0 Å². The van der Waals surface area contributed by atoms with Crippen molar-refractivity contribution in [3.63, 3.8) is 0 Å². The standard InChI is InChI=1S/C20H29NO7S.C19H27NO7S/c1-2-3-5-16(22)6-4-13-28-17-7-9-18(10-8-17)29(25,26)20(19(23)21-24)11-14-27-15-12-20;1-2-4-15(21)5-3-12-27-16-6-8-17(9-7-16)28(24,25)19(18(22)20-23)10-13-26-14-11-19/h7-10,24H,2-6,11-15H2,1H3,(H,21,23);6-9,23H,2-5,10-14H2,1H3,(H,20,22). The van der Waals surface area contributed by atoms with Crippen LogP contribution < -0.4 is 20.4 Å². The van der Waals surface area contributed by atoms with E-state index in [-0.39, 0.29) is 73.5 Å². The molecule has 16 nitrogen and oxygen atoms in total. The molecule has 4 N–H and O–H groups in total. The van der Waals surface area contributed by atoms with Crippen LogP contribution in [0.15, 0.2) is 58.3 Å². The van der Waals surface area contributed by atoms with Gasteiger partial charge in [-0.1, -0.05) is 20.3 Å². The summed E-state index contributed by atoms with van der Waals surface area (Å²) in [5.41, 5.74) is 2.98. The normalized spacial score (nSPS) is 16.3. The van der Waals surface area contributed by atoms with Crippen molar-refractivity contribution in [1.29, 1.82) is 0 Å². The van der Waals surface area contributed by atoms with E-state index in [2.05, 4.69) is 0 Å². The van der Waals surface area contributed by atoms with Gasteiger partial charge >= 0.3 is 0 Å². The molecule has 2 fully saturated rings. The maximum Gasteiger partial charge on any atom is 0.265 e. The lowest BCUT2D eigenvalue weighted by Crippen LogP contribution is -2.54. The smallest absolute Gasteiger partial charge is 0.265 e. The molecular formula is C39H56N2O14S2. The number of carbonyl (C=O) groups is 4. The molecule has 2 amide bonds. The molecule has 4 rings (SSSR count). The predicted molar refractivity (Wildman–Crippen MR) is 207 cm³/mol. The third kappa shape index (κ3) is 12.3. The van der Waals surface area contributed by atoms with Crippen LogP contribution in [-0.2, 0) is 48.3 Å². The first-order chi connectivity index (χ1) is 27.2. The number of amides is 2. The largest absolute Gasteiger partial charge is 0.494 e. The minimum atomic E-state index is -4.05. The fourth-order valence-corrected chi connectivity index (χ4v) is 10.4. The Hall–Kier alpha value is -3.94. The van der Waals surface area contributed by atoms with Crippen molar-refractivity contribution in [3.05, 3.63) is 48.5 Å². The molecule has 0 radical (unpaired) electrons. The number of ether oxygens (including phenoxy) is 4. The number of hydrogen-bond donors (Lipinski definition) is 4. The highest BCUT2D eigenvalue weighted by Gasteiger charge is 2.53. The van der Waals surface area contributed by atoms with Gasteiger partial charge in [0.1, 0.15) is 23.1 Å². The van der Waals surface area contributed by atoms with Crippen LogP contribution in [0.25, 0.3) is 0 Å². The first-order valence-electron chi connectivity index (χ1n) is 19.3. The maximum atomic E-state index is 13.1. The summed E-state index contributed by atoms with van der Waals surface area (Å²) >= 11 is 0. The van der Waals surface area contributed by atoms with Crippen LogP contribution in [0.1, 0.15) is 97.3 Å². The average Bonchev–Trinajstić information content (AvgIpc) is 3.23. The quantitative estimate of drug-likeness (QED) is 0.0771. The van der Waals surface area contributed by atoms with Gasteiger partial charge in [-0.15, -0.1) is 0 Å². The van der Waals surface area contributed by atoms with E-state index in [0.29, 0.717) is 63.2 Å². The first-order valence-corrected chi connectivity index (χ1v) is 22.2. The van der Waals surface area contributed by atoms with E-state index in [0.717, 1.165) is 19.3 Å². The number of ketones is 2. The van der Waals surface area contributed by atoms with Crippen molar-refractivity contribution in [2.45, 2.75) is 117 Å². The minimum Gasteiger partial charge on any atom is -0.494 e. The Labute approximate surface area is 334 Å². The molecule has 2 aromatic rings. The Morgan fingerprint density at radius 1 is 0.579 bits per heavy atom. The van der Waals surface area contributed by atoms with Crippen LogP contribution in [-0.4, -0.2) is 99.8 Å². The summed E-state index contributed by atoms with van der Waals surface area (Å²) in [5.74, 6) is -0.508. The van der Waals surface area contributed by atoms with Gasteiger partial charge in [-0.3, -0.25) is 29.6 Å². The third-order valence-electron chi connectivity index (χ3n) is 10.0. The number of hydroxylamine groups is 2. The van der Waals surface area contributed by atoms with Gasteiger partial charge in [0, 0.05) is 52.1 Å². The fraction of sp³-hybridized carbons (Fsp3) is 0.590. The third-order valence-corrected chi connectivity index (χ3v) is 15.0. The lowest BCUT2D eigenvalue weighted by molar-refractivity contribution is -0.135. The Balaban J connectivity index is 0.000000306. The zero-order valence-electron chi connectivity index (χ0n) is 32.7. The van der Waals surface area contributed by atoms with Crippen LogP contribution in [0, 0.1) is 0 Å². The zero-order valence-corrected chi connectivity index (χ0v) is 34.3. The molecule has 0 atom stereocenters. The number of nitrogens with one attached hydrogen (secondary N) is 2. The topological polar surface area (TPSA) is 238 Å². The number of hydrogen-bond acceptors (Lipinski definition) is 14. The highest BCUT2D eigenvalue weighted by molar-refractivity contribution is 7.94. The Morgan fingerprint density at radius 3 is 1.26 bits per heavy atom. The fourth-order valence-electron chi connectivity index (χ4n) is 6.54. The molecule has 0 aliphatic carbocycles. The van der Waals surface area contributed by atoms with Crippen LogP contribution >= 0.6 is 0 Å². The molecule has 0 spiro atoms. The summed E-state index contributed by atoms with van der Waals surface area (Å²) < 4.78 is 70.5. The molecule has 2 aromatic carbocycles. The summed E-state index contributed by atoms with van der Waals surface area (Å²) in [4.78, 5) is 47.5. The van der Waals surface area contributed by atoms with Crippen LogP contribution in [0.3, 0.4) is 0 Å². The number of sulfone groups is 2. The number of carbonyl (C=O) groups excluding carboxylic acids is 4. The number of benzene rings is 2. The van der Waals surface area contributed by atoms with Gasteiger partial charge in [0.2, 0.25) is 0 Å². The van der Waals surface area contributed by atoms with Crippen molar-refractivity contribution < 1.29 is 65.4 Å². The second-order valence-corrected chi connectivity index (χ2v) is 18.4. The summed E-state index contributed by atoms with van der Waals surface area (Å²) in [5, 5.41) is 18.1. The highest BCUT2D eigenvalue weighted by Crippen LogP contribution is 2.37. The second kappa shape index (κ2) is 22.9. The molecule has 0 aromatic heterocycles. The van der Waals surface area contributed by atoms with Crippen LogP contribution in [0.5, 0.6) is 11.5 Å². The van der Waals surface area contributed by atoms with Gasteiger partial charge in [0.15, 0.2) is 29.2 Å². The molecule has 0 unspecified atom stereocenters. The Kier molecular flexibility index (Phi) is 19.0. The van der Waals surface area contributed by atoms with E-state index in [4.69, 9.17) is 29.4 Å². The lowest BCUT2D eigenvalue weighted by atomic mass is 9.98. The summed E-state index contributed by atoms with van der Waals surface area (Å²) in [6, 6.07) is 11.6. The molecule has 0 saturated carbocycles. The van der Waals surface area contributed by atoms with Crippen molar-refractivity contribution in [3.8, 4) is 11.5 Å². The SMILES string of the molecule is CCCC(=O)CCCOc1ccc(S(=O)(=O)C2(C(=O)NO)CCOCC2)cc1.CCCCC(=O)CCCOc1ccc(S(=O)(=O)C2(C(=O)NO)CCOCC2)cc1. The van der Waals surface area contributed by atoms with E-state index in [1.807, 2.05) is 13.8 Å². The Bertz CT molecular complexity index is 1820.